The number of allylic oxidation sites excluding steroid dienone is 3. The number of rotatable bonds is 9. The van der Waals surface area contributed by atoms with Gasteiger partial charge in [0.2, 0.25) is 5.91 Å². The van der Waals surface area contributed by atoms with Gasteiger partial charge >= 0.3 is 5.97 Å². The second-order valence-electron chi connectivity index (χ2n) is 8.80. The molecule has 1 unspecified atom stereocenters. The number of H-pyrrole nitrogens is 1. The van der Waals surface area contributed by atoms with Gasteiger partial charge in [-0.05, 0) is 31.5 Å². The number of aromatic carboxylic acids is 1. The number of aromatic nitrogens is 2. The van der Waals surface area contributed by atoms with Gasteiger partial charge < -0.3 is 19.9 Å². The van der Waals surface area contributed by atoms with Crippen molar-refractivity contribution in [1.82, 2.24) is 19.8 Å². The summed E-state index contributed by atoms with van der Waals surface area (Å²) in [7, 11) is 1.70. The van der Waals surface area contributed by atoms with Crippen molar-refractivity contribution in [3.63, 3.8) is 0 Å². The van der Waals surface area contributed by atoms with Gasteiger partial charge in [0.1, 0.15) is 0 Å². The monoisotopic (exact) mass is 500 g/mol. The van der Waals surface area contributed by atoms with Crippen molar-refractivity contribution < 1.29 is 24.3 Å². The predicted octanol–water partition coefficient (Wildman–Crippen LogP) is 3.55. The predicted molar refractivity (Wildman–Crippen MR) is 139 cm³/mol. The number of Topliss-reactive ketones (excluding diaryl/α,β-unsaturated/α-hetero) is 1. The summed E-state index contributed by atoms with van der Waals surface area (Å²) in [5.41, 5.74) is 2.18. The zero-order valence-electron chi connectivity index (χ0n) is 20.7. The number of nitrogens with one attached hydrogen (secondary N) is 1. The average Bonchev–Trinajstić information content (AvgIpc) is 3.37. The summed E-state index contributed by atoms with van der Waals surface area (Å²) in [5, 5.41) is 9.68. The smallest absolute Gasteiger partial charge is 0.335 e. The number of pyridine rings is 1. The number of ketones is 1. The fourth-order valence-electron chi connectivity index (χ4n) is 4.32. The zero-order chi connectivity index (χ0) is 26.5. The number of fused-ring (bicyclic) bond motifs is 1. The minimum Gasteiger partial charge on any atom is -0.478 e. The molecular weight excluding hydrogens is 472 g/mol. The second-order valence-corrected chi connectivity index (χ2v) is 8.80. The van der Waals surface area contributed by atoms with E-state index in [2.05, 4.69) is 9.97 Å². The Morgan fingerprint density at radius 1 is 1.08 bits per heavy atom. The largest absolute Gasteiger partial charge is 0.478 e. The van der Waals surface area contributed by atoms with Crippen molar-refractivity contribution >= 4 is 34.5 Å². The molecule has 0 radical (unpaired) electrons. The molecule has 9 heteroatoms. The maximum absolute atomic E-state index is 13.2. The van der Waals surface area contributed by atoms with Gasteiger partial charge in [-0.2, -0.15) is 0 Å². The maximum atomic E-state index is 13.2. The van der Waals surface area contributed by atoms with Crippen LogP contribution in [0.1, 0.15) is 34.1 Å². The van der Waals surface area contributed by atoms with Crippen LogP contribution in [0.2, 0.25) is 0 Å². The molecule has 3 aromatic rings. The van der Waals surface area contributed by atoms with E-state index < -0.39 is 17.7 Å². The van der Waals surface area contributed by atoms with Crippen LogP contribution in [0.4, 0.5) is 0 Å². The third-order valence-corrected chi connectivity index (χ3v) is 6.49. The highest BCUT2D eigenvalue weighted by atomic mass is 16.4. The number of carboxylic acid groups (broad SMARTS) is 1. The van der Waals surface area contributed by atoms with Gasteiger partial charge in [-0.3, -0.25) is 19.4 Å². The summed E-state index contributed by atoms with van der Waals surface area (Å²) < 4.78 is 0. The fourth-order valence-corrected chi connectivity index (χ4v) is 4.32. The SMILES string of the molecule is CCN(CCN(C)C(=O)C1C=CC=CC1)C(=O)C(=O)c1c[nH]c2c(-c3ccc(C(=O)O)cc3)nccc12. The Morgan fingerprint density at radius 3 is 2.49 bits per heavy atom. The highest BCUT2D eigenvalue weighted by Gasteiger charge is 2.27. The molecule has 0 bridgehead atoms. The summed E-state index contributed by atoms with van der Waals surface area (Å²) in [6, 6.07) is 7.93. The Kier molecular flexibility index (Phi) is 7.62. The zero-order valence-corrected chi connectivity index (χ0v) is 20.7. The number of benzene rings is 1. The van der Waals surface area contributed by atoms with Gasteiger partial charge in [0.15, 0.2) is 0 Å². The van der Waals surface area contributed by atoms with Crippen LogP contribution in [0, 0.1) is 5.92 Å². The molecule has 9 nitrogen and oxygen atoms in total. The fraction of sp³-hybridized carbons (Fsp3) is 0.250. The Hall–Kier alpha value is -4.53. The Morgan fingerprint density at radius 2 is 1.84 bits per heavy atom. The standard InChI is InChI=1S/C28H28N4O5/c1-3-32(16-15-31(2)26(34)19-7-5-4-6-8-19)27(35)25(33)22-17-30-24-21(22)13-14-29-23(24)18-9-11-20(12-10-18)28(36)37/h4-7,9-14,17,19,30H,3,8,15-16H2,1-2H3,(H,36,37). The first kappa shape index (κ1) is 25.6. The highest BCUT2D eigenvalue weighted by Crippen LogP contribution is 2.28. The number of amides is 2. The number of hydrogen-bond donors (Lipinski definition) is 2. The van der Waals surface area contributed by atoms with Crippen molar-refractivity contribution in [1.29, 1.82) is 0 Å². The Labute approximate surface area is 214 Å². The number of hydrogen-bond acceptors (Lipinski definition) is 5. The topological polar surface area (TPSA) is 124 Å². The summed E-state index contributed by atoms with van der Waals surface area (Å²) in [4.78, 5) is 60.6. The third-order valence-electron chi connectivity index (χ3n) is 6.49. The number of likely N-dealkylation sites (N-methyl/N-ethyl adjacent to an activating group) is 2. The van der Waals surface area contributed by atoms with E-state index in [1.165, 1.54) is 23.2 Å². The van der Waals surface area contributed by atoms with Crippen molar-refractivity contribution in [3.05, 3.63) is 78.2 Å². The molecule has 0 spiro atoms. The van der Waals surface area contributed by atoms with Gasteiger partial charge in [0.25, 0.3) is 11.7 Å². The van der Waals surface area contributed by atoms with Crippen LogP contribution < -0.4 is 0 Å². The summed E-state index contributed by atoms with van der Waals surface area (Å²) >= 11 is 0. The molecule has 4 rings (SSSR count). The van der Waals surface area contributed by atoms with Gasteiger partial charge in [-0.1, -0.05) is 36.4 Å². The summed E-state index contributed by atoms with van der Waals surface area (Å²) in [5.74, 6) is -2.56. The molecule has 0 fully saturated rings. The van der Waals surface area contributed by atoms with E-state index in [0.29, 0.717) is 41.7 Å². The van der Waals surface area contributed by atoms with Crippen LogP contribution >= 0.6 is 0 Å². The molecule has 2 heterocycles. The van der Waals surface area contributed by atoms with Crippen molar-refractivity contribution in [3.8, 4) is 11.3 Å². The highest BCUT2D eigenvalue weighted by molar-refractivity contribution is 6.45. The van der Waals surface area contributed by atoms with Crippen LogP contribution in [0.25, 0.3) is 22.2 Å². The van der Waals surface area contributed by atoms with Crippen LogP contribution in [0.3, 0.4) is 0 Å². The lowest BCUT2D eigenvalue weighted by Gasteiger charge is -2.26. The number of carboxylic acids is 1. The molecular formula is C28H28N4O5. The van der Waals surface area contributed by atoms with Crippen molar-refractivity contribution in [2.45, 2.75) is 13.3 Å². The number of carbonyl (C=O) groups excluding carboxylic acids is 3. The normalized spacial score (nSPS) is 14.5. The molecule has 1 aromatic carbocycles. The lowest BCUT2D eigenvalue weighted by atomic mass is 9.99. The first-order chi connectivity index (χ1) is 17.8. The minimum atomic E-state index is -1.02. The molecule has 2 N–H and O–H groups in total. The lowest BCUT2D eigenvalue weighted by molar-refractivity contribution is -0.134. The van der Waals surface area contributed by atoms with Crippen LogP contribution in [0.15, 0.2) is 67.0 Å². The number of nitrogens with zero attached hydrogens (tertiary/aromatic N) is 3. The van der Waals surface area contributed by atoms with E-state index >= 15 is 0 Å². The molecule has 0 aliphatic heterocycles. The van der Waals surface area contributed by atoms with Crippen LogP contribution in [-0.2, 0) is 9.59 Å². The van der Waals surface area contributed by atoms with Gasteiger partial charge in [0, 0.05) is 50.0 Å². The van der Waals surface area contributed by atoms with E-state index in [-0.39, 0.29) is 29.5 Å². The van der Waals surface area contributed by atoms with Gasteiger partial charge in [-0.15, -0.1) is 0 Å². The molecule has 0 saturated heterocycles. The molecule has 37 heavy (non-hydrogen) atoms. The van der Waals surface area contributed by atoms with E-state index in [4.69, 9.17) is 5.11 Å². The minimum absolute atomic E-state index is 0.0246. The molecule has 1 aliphatic carbocycles. The van der Waals surface area contributed by atoms with Crippen molar-refractivity contribution in [2.24, 2.45) is 5.92 Å². The van der Waals surface area contributed by atoms with E-state index in [1.54, 1.807) is 43.3 Å². The van der Waals surface area contributed by atoms with Gasteiger partial charge in [0.05, 0.1) is 28.3 Å². The third kappa shape index (κ3) is 5.35. The summed E-state index contributed by atoms with van der Waals surface area (Å²) in [6.45, 7) is 2.66. The quantitative estimate of drug-likeness (QED) is 0.342. The Balaban J connectivity index is 1.49. The van der Waals surface area contributed by atoms with Crippen molar-refractivity contribution in [2.75, 3.05) is 26.7 Å². The average molecular weight is 501 g/mol. The number of aromatic amines is 1. The van der Waals surface area contributed by atoms with Crippen LogP contribution in [-0.4, -0.2) is 75.1 Å². The summed E-state index contributed by atoms with van der Waals surface area (Å²) in [6.07, 6.45) is 11.3. The second kappa shape index (κ2) is 11.0. The molecule has 2 aromatic heterocycles. The molecule has 1 atom stereocenters. The van der Waals surface area contributed by atoms with E-state index in [1.807, 2.05) is 24.3 Å². The van der Waals surface area contributed by atoms with E-state index in [0.717, 1.165) is 0 Å². The Bertz CT molecular complexity index is 1400. The van der Waals surface area contributed by atoms with Gasteiger partial charge in [-0.25, -0.2) is 4.79 Å². The first-order valence-electron chi connectivity index (χ1n) is 12.0. The number of carbonyl (C=O) groups is 4. The molecule has 1 aliphatic rings. The molecule has 190 valence electrons. The maximum Gasteiger partial charge on any atom is 0.335 e. The van der Waals surface area contributed by atoms with Crippen LogP contribution in [0.5, 0.6) is 0 Å². The first-order valence-corrected chi connectivity index (χ1v) is 12.0. The molecule has 2 amide bonds. The molecule has 0 saturated carbocycles. The van der Waals surface area contributed by atoms with E-state index in [9.17, 15) is 19.2 Å². The lowest BCUT2D eigenvalue weighted by Crippen LogP contribution is -2.43.